The van der Waals surface area contributed by atoms with E-state index in [1.54, 1.807) is 0 Å². The summed E-state index contributed by atoms with van der Waals surface area (Å²) >= 11 is 0. The fourth-order valence-electron chi connectivity index (χ4n) is 2.38. The molecule has 100 valence electrons. The molecule has 1 heterocycles. The van der Waals surface area contributed by atoms with Crippen molar-refractivity contribution in [2.24, 2.45) is 0 Å². The standard InChI is InChI=1S/C16H21N3/c1-13(14-5-3-2-4-6-14)11-19-12-17-9-16(19)10-18-15-7-8-15/h2-6,9,12-13,15,18H,7-8,10-11H2,1H3. The van der Waals surface area contributed by atoms with Crippen LogP contribution < -0.4 is 5.32 Å². The van der Waals surface area contributed by atoms with Crippen LogP contribution in [0.15, 0.2) is 42.9 Å². The topological polar surface area (TPSA) is 29.9 Å². The van der Waals surface area contributed by atoms with E-state index in [1.807, 2.05) is 12.5 Å². The SMILES string of the molecule is CC(Cn1cncc1CNC1CC1)c1ccccc1. The van der Waals surface area contributed by atoms with Gasteiger partial charge in [-0.15, -0.1) is 0 Å². The first-order valence-electron chi connectivity index (χ1n) is 7.10. The minimum atomic E-state index is 0.509. The van der Waals surface area contributed by atoms with Gasteiger partial charge in [-0.25, -0.2) is 4.98 Å². The number of imidazole rings is 1. The first-order chi connectivity index (χ1) is 9.33. The van der Waals surface area contributed by atoms with E-state index in [0.29, 0.717) is 5.92 Å². The lowest BCUT2D eigenvalue weighted by molar-refractivity contribution is 0.556. The predicted molar refractivity (Wildman–Crippen MR) is 76.9 cm³/mol. The lowest BCUT2D eigenvalue weighted by atomic mass is 10.0. The number of aromatic nitrogens is 2. The van der Waals surface area contributed by atoms with Crippen molar-refractivity contribution in [1.82, 2.24) is 14.9 Å². The second kappa shape index (κ2) is 5.57. The molecule has 3 heteroatoms. The molecular weight excluding hydrogens is 234 g/mol. The molecule has 1 aliphatic carbocycles. The largest absolute Gasteiger partial charge is 0.333 e. The molecule has 0 spiro atoms. The summed E-state index contributed by atoms with van der Waals surface area (Å²) in [5.41, 5.74) is 2.67. The number of benzene rings is 1. The van der Waals surface area contributed by atoms with Gasteiger partial charge in [0.1, 0.15) is 0 Å². The zero-order valence-electron chi connectivity index (χ0n) is 11.4. The molecule has 0 saturated heterocycles. The molecule has 1 fully saturated rings. The zero-order chi connectivity index (χ0) is 13.1. The summed E-state index contributed by atoms with van der Waals surface area (Å²) < 4.78 is 2.27. The van der Waals surface area contributed by atoms with Gasteiger partial charge in [0.05, 0.1) is 12.0 Å². The Kier molecular flexibility index (Phi) is 3.65. The molecule has 1 aromatic carbocycles. The number of hydrogen-bond donors (Lipinski definition) is 1. The fraction of sp³-hybridized carbons (Fsp3) is 0.438. The molecule has 2 aromatic rings. The number of hydrogen-bond acceptors (Lipinski definition) is 2. The summed E-state index contributed by atoms with van der Waals surface area (Å²) in [4.78, 5) is 4.29. The van der Waals surface area contributed by atoms with E-state index < -0.39 is 0 Å². The van der Waals surface area contributed by atoms with Gasteiger partial charge in [-0.2, -0.15) is 0 Å². The second-order valence-electron chi connectivity index (χ2n) is 5.50. The Bertz CT molecular complexity index is 514. The minimum absolute atomic E-state index is 0.509. The number of nitrogens with zero attached hydrogens (tertiary/aromatic N) is 2. The van der Waals surface area contributed by atoms with Crippen LogP contribution in [-0.2, 0) is 13.1 Å². The van der Waals surface area contributed by atoms with Gasteiger partial charge in [0.15, 0.2) is 0 Å². The van der Waals surface area contributed by atoms with E-state index in [4.69, 9.17) is 0 Å². The van der Waals surface area contributed by atoms with Crippen LogP contribution in [-0.4, -0.2) is 15.6 Å². The van der Waals surface area contributed by atoms with E-state index in [9.17, 15) is 0 Å². The summed E-state index contributed by atoms with van der Waals surface area (Å²) in [6, 6.07) is 11.4. The van der Waals surface area contributed by atoms with E-state index in [2.05, 4.69) is 52.1 Å². The van der Waals surface area contributed by atoms with Crippen LogP contribution >= 0.6 is 0 Å². The van der Waals surface area contributed by atoms with Gasteiger partial charge in [-0.1, -0.05) is 37.3 Å². The molecule has 3 nitrogen and oxygen atoms in total. The number of nitrogens with one attached hydrogen (secondary N) is 1. The molecule has 0 amide bonds. The molecule has 3 rings (SSSR count). The highest BCUT2D eigenvalue weighted by Gasteiger charge is 2.20. The van der Waals surface area contributed by atoms with Crippen molar-refractivity contribution in [2.75, 3.05) is 0 Å². The Morgan fingerprint density at radius 1 is 1.32 bits per heavy atom. The first-order valence-corrected chi connectivity index (χ1v) is 7.10. The molecular formula is C16H21N3. The lowest BCUT2D eigenvalue weighted by Crippen LogP contribution is -2.19. The van der Waals surface area contributed by atoms with Crippen LogP contribution in [0.1, 0.15) is 36.9 Å². The van der Waals surface area contributed by atoms with Gasteiger partial charge in [-0.3, -0.25) is 0 Å². The third-order valence-corrected chi connectivity index (χ3v) is 3.79. The highest BCUT2D eigenvalue weighted by atomic mass is 15.1. The fourth-order valence-corrected chi connectivity index (χ4v) is 2.38. The molecule has 1 N–H and O–H groups in total. The summed E-state index contributed by atoms with van der Waals surface area (Å²) in [6.45, 7) is 4.20. The van der Waals surface area contributed by atoms with Gasteiger partial charge in [-0.05, 0) is 24.3 Å². The van der Waals surface area contributed by atoms with Crippen molar-refractivity contribution in [2.45, 2.75) is 44.8 Å². The minimum Gasteiger partial charge on any atom is -0.333 e. The first kappa shape index (κ1) is 12.4. The van der Waals surface area contributed by atoms with Crippen LogP contribution in [0.25, 0.3) is 0 Å². The molecule has 1 aliphatic rings. The highest BCUT2D eigenvalue weighted by Crippen LogP contribution is 2.20. The van der Waals surface area contributed by atoms with Crippen LogP contribution in [0.2, 0.25) is 0 Å². The molecule has 1 saturated carbocycles. The van der Waals surface area contributed by atoms with Crippen LogP contribution in [0.3, 0.4) is 0 Å². The van der Waals surface area contributed by atoms with Crippen molar-refractivity contribution < 1.29 is 0 Å². The summed E-state index contributed by atoms with van der Waals surface area (Å²) in [5, 5.41) is 3.55. The Balaban J connectivity index is 1.63. The van der Waals surface area contributed by atoms with E-state index in [0.717, 1.165) is 19.1 Å². The van der Waals surface area contributed by atoms with Gasteiger partial charge in [0, 0.05) is 25.3 Å². The van der Waals surface area contributed by atoms with E-state index in [-0.39, 0.29) is 0 Å². The van der Waals surface area contributed by atoms with Crippen molar-refractivity contribution in [3.05, 3.63) is 54.1 Å². The van der Waals surface area contributed by atoms with Crippen molar-refractivity contribution in [3.8, 4) is 0 Å². The monoisotopic (exact) mass is 255 g/mol. The quantitative estimate of drug-likeness (QED) is 0.860. The molecule has 1 unspecified atom stereocenters. The Morgan fingerprint density at radius 2 is 2.11 bits per heavy atom. The Hall–Kier alpha value is -1.61. The number of rotatable bonds is 6. The third kappa shape index (κ3) is 3.24. The molecule has 1 atom stereocenters. The second-order valence-corrected chi connectivity index (χ2v) is 5.50. The zero-order valence-corrected chi connectivity index (χ0v) is 11.4. The van der Waals surface area contributed by atoms with E-state index in [1.165, 1.54) is 24.1 Å². The van der Waals surface area contributed by atoms with Crippen LogP contribution in [0.4, 0.5) is 0 Å². The van der Waals surface area contributed by atoms with Crippen LogP contribution in [0.5, 0.6) is 0 Å². The van der Waals surface area contributed by atoms with Gasteiger partial charge >= 0.3 is 0 Å². The maximum atomic E-state index is 4.29. The predicted octanol–water partition coefficient (Wildman–Crippen LogP) is 2.94. The molecule has 0 aliphatic heterocycles. The average Bonchev–Trinajstić information content (AvgIpc) is 3.18. The molecule has 0 radical (unpaired) electrons. The lowest BCUT2D eigenvalue weighted by Gasteiger charge is -2.15. The third-order valence-electron chi connectivity index (χ3n) is 3.79. The van der Waals surface area contributed by atoms with Crippen molar-refractivity contribution >= 4 is 0 Å². The smallest absolute Gasteiger partial charge is 0.0948 e. The molecule has 0 bridgehead atoms. The van der Waals surface area contributed by atoms with Crippen molar-refractivity contribution in [3.63, 3.8) is 0 Å². The van der Waals surface area contributed by atoms with E-state index >= 15 is 0 Å². The molecule has 19 heavy (non-hydrogen) atoms. The highest BCUT2D eigenvalue weighted by molar-refractivity contribution is 5.18. The summed E-state index contributed by atoms with van der Waals surface area (Å²) in [5.74, 6) is 0.509. The van der Waals surface area contributed by atoms with Crippen molar-refractivity contribution in [1.29, 1.82) is 0 Å². The summed E-state index contributed by atoms with van der Waals surface area (Å²) in [6.07, 6.45) is 6.58. The van der Waals surface area contributed by atoms with Crippen LogP contribution in [0, 0.1) is 0 Å². The maximum Gasteiger partial charge on any atom is 0.0948 e. The molecule has 1 aromatic heterocycles. The van der Waals surface area contributed by atoms with Gasteiger partial charge < -0.3 is 9.88 Å². The van der Waals surface area contributed by atoms with Gasteiger partial charge in [0.25, 0.3) is 0 Å². The Labute approximate surface area is 114 Å². The normalized spacial score (nSPS) is 16.5. The van der Waals surface area contributed by atoms with Gasteiger partial charge in [0.2, 0.25) is 0 Å². The average molecular weight is 255 g/mol. The summed E-state index contributed by atoms with van der Waals surface area (Å²) in [7, 11) is 0. The Morgan fingerprint density at radius 3 is 2.84 bits per heavy atom. The maximum absolute atomic E-state index is 4.29.